The van der Waals surface area contributed by atoms with E-state index < -0.39 is 0 Å². The van der Waals surface area contributed by atoms with Gasteiger partial charge >= 0.3 is 0 Å². The molecule has 3 heterocycles. The number of hydrogen-bond acceptors (Lipinski definition) is 5. The highest BCUT2D eigenvalue weighted by Crippen LogP contribution is 2.26. The van der Waals surface area contributed by atoms with E-state index in [-0.39, 0.29) is 0 Å². The van der Waals surface area contributed by atoms with Crippen LogP contribution in [0.15, 0.2) is 53.4 Å². The first-order valence-corrected chi connectivity index (χ1v) is 8.77. The topological polar surface area (TPSA) is 51.1 Å². The Morgan fingerprint density at radius 1 is 1.21 bits per heavy atom. The standard InChI is InChI=1S/C18H17BrN4O/c19-15-3-1-14-2-4-17(22-16(14)9-15)23-8-5-13(11-23)12-24-18-10-20-6-7-21-18/h1-4,6-7,9-10,13H,5,8,11-12H2. The van der Waals surface area contributed by atoms with Crippen molar-refractivity contribution >= 4 is 32.7 Å². The predicted octanol–water partition coefficient (Wildman–Crippen LogP) is 3.69. The summed E-state index contributed by atoms with van der Waals surface area (Å²) in [5.41, 5.74) is 1.01. The highest BCUT2D eigenvalue weighted by atomic mass is 79.9. The fraction of sp³-hybridized carbons (Fsp3) is 0.278. The molecule has 1 unspecified atom stereocenters. The number of halogens is 1. The summed E-state index contributed by atoms with van der Waals surface area (Å²) in [6, 6.07) is 10.4. The van der Waals surface area contributed by atoms with Crippen LogP contribution in [0.5, 0.6) is 5.88 Å². The number of benzene rings is 1. The third-order valence-corrected chi connectivity index (χ3v) is 4.75. The minimum atomic E-state index is 0.479. The zero-order valence-corrected chi connectivity index (χ0v) is 14.7. The molecular weight excluding hydrogens is 368 g/mol. The second kappa shape index (κ2) is 6.73. The molecule has 1 saturated heterocycles. The molecule has 5 nitrogen and oxygen atoms in total. The maximum Gasteiger partial charge on any atom is 0.232 e. The average Bonchev–Trinajstić information content (AvgIpc) is 3.09. The van der Waals surface area contributed by atoms with Crippen molar-refractivity contribution in [2.45, 2.75) is 6.42 Å². The highest BCUT2D eigenvalue weighted by molar-refractivity contribution is 9.10. The van der Waals surface area contributed by atoms with Crippen LogP contribution in [0.25, 0.3) is 10.9 Å². The molecule has 0 radical (unpaired) electrons. The summed E-state index contributed by atoms with van der Waals surface area (Å²) in [6.07, 6.45) is 6.04. The Balaban J connectivity index is 1.42. The molecular formula is C18H17BrN4O. The summed E-state index contributed by atoms with van der Waals surface area (Å²) in [4.78, 5) is 15.3. The third-order valence-electron chi connectivity index (χ3n) is 4.26. The molecule has 1 fully saturated rings. The molecule has 1 aliphatic rings. The molecule has 0 N–H and O–H groups in total. The Kier molecular flexibility index (Phi) is 4.30. The summed E-state index contributed by atoms with van der Waals surface area (Å²) < 4.78 is 6.79. The molecule has 0 amide bonds. The molecule has 122 valence electrons. The van der Waals surface area contributed by atoms with Crippen LogP contribution >= 0.6 is 15.9 Å². The van der Waals surface area contributed by atoms with Gasteiger partial charge in [-0.15, -0.1) is 0 Å². The Bertz CT molecular complexity index is 843. The van der Waals surface area contributed by atoms with Crippen LogP contribution in [0.2, 0.25) is 0 Å². The minimum absolute atomic E-state index is 0.479. The molecule has 6 heteroatoms. The van der Waals surface area contributed by atoms with Gasteiger partial charge in [-0.3, -0.25) is 4.98 Å². The van der Waals surface area contributed by atoms with Crippen molar-refractivity contribution in [2.75, 3.05) is 24.6 Å². The molecule has 1 atom stereocenters. The molecule has 1 aliphatic heterocycles. The zero-order chi connectivity index (χ0) is 16.4. The number of fused-ring (bicyclic) bond motifs is 1. The number of nitrogens with zero attached hydrogens (tertiary/aromatic N) is 4. The van der Waals surface area contributed by atoms with Gasteiger partial charge in [-0.1, -0.05) is 22.0 Å². The molecule has 3 aromatic rings. The zero-order valence-electron chi connectivity index (χ0n) is 13.1. The number of hydrogen-bond donors (Lipinski definition) is 0. The largest absolute Gasteiger partial charge is 0.476 e. The quantitative estimate of drug-likeness (QED) is 0.686. The summed E-state index contributed by atoms with van der Waals surface area (Å²) in [6.45, 7) is 2.61. The van der Waals surface area contributed by atoms with Crippen molar-refractivity contribution in [1.82, 2.24) is 15.0 Å². The summed E-state index contributed by atoms with van der Waals surface area (Å²) in [5.74, 6) is 2.10. The van der Waals surface area contributed by atoms with E-state index in [1.807, 2.05) is 6.07 Å². The lowest BCUT2D eigenvalue weighted by atomic mass is 10.1. The first-order valence-electron chi connectivity index (χ1n) is 7.98. The number of anilines is 1. The van der Waals surface area contributed by atoms with Gasteiger partial charge in [0.25, 0.3) is 0 Å². The lowest BCUT2D eigenvalue weighted by Gasteiger charge is -2.18. The number of pyridine rings is 1. The second-order valence-electron chi connectivity index (χ2n) is 5.96. The first kappa shape index (κ1) is 15.3. The smallest absolute Gasteiger partial charge is 0.232 e. The van der Waals surface area contributed by atoms with E-state index in [0.29, 0.717) is 18.4 Å². The van der Waals surface area contributed by atoms with Gasteiger partial charge in [0.1, 0.15) is 5.82 Å². The molecule has 0 saturated carbocycles. The maximum atomic E-state index is 5.73. The van der Waals surface area contributed by atoms with E-state index in [4.69, 9.17) is 9.72 Å². The van der Waals surface area contributed by atoms with Crippen molar-refractivity contribution in [1.29, 1.82) is 0 Å². The van der Waals surface area contributed by atoms with Crippen LogP contribution in [0, 0.1) is 5.92 Å². The Labute approximate surface area is 148 Å². The lowest BCUT2D eigenvalue weighted by Crippen LogP contribution is -2.22. The number of ether oxygens (including phenoxy) is 1. The van der Waals surface area contributed by atoms with Gasteiger partial charge in [0, 0.05) is 41.3 Å². The Morgan fingerprint density at radius 2 is 2.12 bits per heavy atom. The van der Waals surface area contributed by atoms with Crippen molar-refractivity contribution in [3.63, 3.8) is 0 Å². The first-order chi connectivity index (χ1) is 11.8. The minimum Gasteiger partial charge on any atom is -0.476 e. The van der Waals surface area contributed by atoms with Crippen LogP contribution < -0.4 is 9.64 Å². The molecule has 1 aromatic carbocycles. The van der Waals surface area contributed by atoms with Gasteiger partial charge in [-0.05, 0) is 30.7 Å². The predicted molar refractivity (Wildman–Crippen MR) is 97.3 cm³/mol. The van der Waals surface area contributed by atoms with Crippen LogP contribution in [0.4, 0.5) is 5.82 Å². The maximum absolute atomic E-state index is 5.73. The highest BCUT2D eigenvalue weighted by Gasteiger charge is 2.24. The second-order valence-corrected chi connectivity index (χ2v) is 6.88. The Hall–Kier alpha value is -2.21. The van der Waals surface area contributed by atoms with Crippen molar-refractivity contribution in [2.24, 2.45) is 5.92 Å². The van der Waals surface area contributed by atoms with E-state index in [2.05, 4.69) is 55.1 Å². The van der Waals surface area contributed by atoms with E-state index in [9.17, 15) is 0 Å². The molecule has 24 heavy (non-hydrogen) atoms. The van der Waals surface area contributed by atoms with Crippen LogP contribution in [-0.2, 0) is 0 Å². The normalized spacial score (nSPS) is 17.4. The third kappa shape index (κ3) is 3.33. The molecule has 0 spiro atoms. The van der Waals surface area contributed by atoms with E-state index in [1.54, 1.807) is 18.6 Å². The van der Waals surface area contributed by atoms with Gasteiger partial charge in [-0.25, -0.2) is 9.97 Å². The number of rotatable bonds is 4. The molecule has 0 bridgehead atoms. The molecule has 4 rings (SSSR count). The summed E-state index contributed by atoms with van der Waals surface area (Å²) in [7, 11) is 0. The van der Waals surface area contributed by atoms with E-state index in [1.165, 1.54) is 0 Å². The molecule has 0 aliphatic carbocycles. The van der Waals surface area contributed by atoms with E-state index in [0.717, 1.165) is 40.7 Å². The number of aromatic nitrogens is 3. The van der Waals surface area contributed by atoms with Gasteiger partial charge < -0.3 is 9.64 Å². The molecule has 2 aromatic heterocycles. The van der Waals surface area contributed by atoms with E-state index >= 15 is 0 Å². The average molecular weight is 385 g/mol. The van der Waals surface area contributed by atoms with Crippen LogP contribution in [0.3, 0.4) is 0 Å². The van der Waals surface area contributed by atoms with Gasteiger partial charge in [0.2, 0.25) is 5.88 Å². The Morgan fingerprint density at radius 3 is 3.00 bits per heavy atom. The summed E-state index contributed by atoms with van der Waals surface area (Å²) >= 11 is 3.51. The van der Waals surface area contributed by atoms with Gasteiger partial charge in [0.15, 0.2) is 0 Å². The monoisotopic (exact) mass is 384 g/mol. The fourth-order valence-electron chi connectivity index (χ4n) is 3.00. The van der Waals surface area contributed by atoms with Crippen LogP contribution in [-0.4, -0.2) is 34.6 Å². The van der Waals surface area contributed by atoms with Crippen LogP contribution in [0.1, 0.15) is 6.42 Å². The van der Waals surface area contributed by atoms with Gasteiger partial charge in [-0.2, -0.15) is 0 Å². The lowest BCUT2D eigenvalue weighted by molar-refractivity contribution is 0.251. The van der Waals surface area contributed by atoms with Crippen molar-refractivity contribution < 1.29 is 4.74 Å². The van der Waals surface area contributed by atoms with Crippen molar-refractivity contribution in [3.8, 4) is 5.88 Å². The van der Waals surface area contributed by atoms with Gasteiger partial charge in [0.05, 0.1) is 18.3 Å². The summed E-state index contributed by atoms with van der Waals surface area (Å²) in [5, 5.41) is 1.16. The van der Waals surface area contributed by atoms with Crippen molar-refractivity contribution in [3.05, 3.63) is 53.4 Å². The SMILES string of the molecule is Brc1ccc2ccc(N3CCC(COc4cnccn4)C3)nc2c1. The fourth-order valence-corrected chi connectivity index (χ4v) is 3.34.